The van der Waals surface area contributed by atoms with E-state index in [-0.39, 0.29) is 11.8 Å². The Morgan fingerprint density at radius 2 is 2.03 bits per heavy atom. The summed E-state index contributed by atoms with van der Waals surface area (Å²) in [6, 6.07) is 6.58. The van der Waals surface area contributed by atoms with Crippen molar-refractivity contribution in [3.05, 3.63) is 58.0 Å². The molecule has 0 aliphatic rings. The van der Waals surface area contributed by atoms with Crippen molar-refractivity contribution < 1.29 is 4.39 Å². The van der Waals surface area contributed by atoms with Gasteiger partial charge in [-0.1, -0.05) is 26.3 Å². The van der Waals surface area contributed by atoms with E-state index < -0.39 is 5.69 Å². The highest BCUT2D eigenvalue weighted by Gasteiger charge is 2.09. The van der Waals surface area contributed by atoms with Crippen LogP contribution >= 0.6 is 0 Å². The number of H-pyrrole nitrogens is 1. The Hall–Kier alpha value is -3.20. The monoisotopic (exact) mass is 415 g/mol. The molecule has 3 rings (SSSR count). The summed E-state index contributed by atoms with van der Waals surface area (Å²) < 4.78 is 15.8. The number of aliphatic imine (C=N–C) groups is 1. The number of nitrogens with one attached hydrogen (secondary N) is 2. The minimum atomic E-state index is -0.464. The molecule has 0 aliphatic carbocycles. The van der Waals surface area contributed by atoms with Crippen LogP contribution < -0.4 is 22.5 Å². The van der Waals surface area contributed by atoms with Crippen LogP contribution in [0.15, 0.2) is 40.2 Å². The lowest BCUT2D eigenvalue weighted by molar-refractivity contribution is 0.582. The van der Waals surface area contributed by atoms with E-state index in [1.54, 1.807) is 18.3 Å². The minimum absolute atomic E-state index is 0.0642. The molecule has 2 aromatic heterocycles. The molecule has 2 heterocycles. The van der Waals surface area contributed by atoms with E-state index >= 15 is 0 Å². The highest BCUT2D eigenvalue weighted by Crippen LogP contribution is 2.16. The molecular formula is C21H30FN7O. The number of rotatable bonds is 7. The van der Waals surface area contributed by atoms with E-state index in [0.717, 1.165) is 17.5 Å². The van der Waals surface area contributed by atoms with Crippen LogP contribution in [0.4, 0.5) is 4.39 Å². The molecule has 8 nitrogen and oxygen atoms in total. The van der Waals surface area contributed by atoms with E-state index in [4.69, 9.17) is 11.5 Å². The number of aromatic amines is 1. The lowest BCUT2D eigenvalue weighted by Crippen LogP contribution is -2.23. The number of nitrogens with zero attached hydrogens (tertiary/aromatic N) is 3. The smallest absolute Gasteiger partial charge is 0.354 e. The van der Waals surface area contributed by atoms with Gasteiger partial charge in [-0.25, -0.2) is 9.18 Å². The molecule has 3 aromatic rings. The third-order valence-corrected chi connectivity index (χ3v) is 4.08. The molecular weight excluding hydrogens is 385 g/mol. The summed E-state index contributed by atoms with van der Waals surface area (Å²) >= 11 is 0. The molecule has 0 amide bonds. The summed E-state index contributed by atoms with van der Waals surface area (Å²) in [5.41, 5.74) is 12.4. The number of fused-ring (bicyclic) bond motifs is 1. The van der Waals surface area contributed by atoms with Crippen LogP contribution in [0, 0.1) is 12.7 Å². The second-order valence-corrected chi connectivity index (χ2v) is 6.97. The summed E-state index contributed by atoms with van der Waals surface area (Å²) in [5, 5.41) is 3.93. The van der Waals surface area contributed by atoms with Gasteiger partial charge in [0.2, 0.25) is 0 Å². The van der Waals surface area contributed by atoms with Gasteiger partial charge in [0, 0.05) is 35.9 Å². The number of hydrogen-bond donors (Lipinski definition) is 4. The molecule has 1 aromatic carbocycles. The van der Waals surface area contributed by atoms with Gasteiger partial charge in [0.25, 0.3) is 0 Å². The SMILES string of the molecule is CCC.Cc1cc2cn(-c3ccc(CNCCCN=C(N)N)c(F)c3)c(=O)nc2[nH]1. The maximum absolute atomic E-state index is 14.4. The molecule has 0 radical (unpaired) electrons. The van der Waals surface area contributed by atoms with Gasteiger partial charge in [-0.15, -0.1) is 0 Å². The molecule has 0 fully saturated rings. The zero-order valence-electron chi connectivity index (χ0n) is 17.7. The predicted molar refractivity (Wildman–Crippen MR) is 119 cm³/mol. The Morgan fingerprint density at radius 1 is 1.30 bits per heavy atom. The van der Waals surface area contributed by atoms with Crippen molar-refractivity contribution in [3.8, 4) is 5.69 Å². The Balaban J connectivity index is 0.00000101. The first-order chi connectivity index (χ1) is 14.3. The highest BCUT2D eigenvalue weighted by molar-refractivity contribution is 5.76. The van der Waals surface area contributed by atoms with Crippen molar-refractivity contribution >= 4 is 17.0 Å². The zero-order chi connectivity index (χ0) is 22.1. The molecule has 0 aliphatic heterocycles. The van der Waals surface area contributed by atoms with Crippen molar-refractivity contribution in [3.63, 3.8) is 0 Å². The molecule has 0 unspecified atom stereocenters. The first kappa shape index (κ1) is 23.1. The Labute approximate surface area is 175 Å². The van der Waals surface area contributed by atoms with Crippen LogP contribution in [-0.2, 0) is 6.54 Å². The minimum Gasteiger partial charge on any atom is -0.370 e. The largest absolute Gasteiger partial charge is 0.370 e. The summed E-state index contributed by atoms with van der Waals surface area (Å²) in [6.45, 7) is 7.69. The van der Waals surface area contributed by atoms with Crippen molar-refractivity contribution in [2.75, 3.05) is 13.1 Å². The van der Waals surface area contributed by atoms with Crippen molar-refractivity contribution in [2.24, 2.45) is 16.5 Å². The Bertz CT molecular complexity index is 1050. The molecule has 0 spiro atoms. The average Bonchev–Trinajstić information content (AvgIpc) is 3.04. The number of nitrogens with two attached hydrogens (primary N) is 2. The van der Waals surface area contributed by atoms with Crippen LogP contribution in [-0.4, -0.2) is 33.6 Å². The summed E-state index contributed by atoms with van der Waals surface area (Å²) in [7, 11) is 0. The number of benzene rings is 1. The number of aromatic nitrogens is 3. The summed E-state index contributed by atoms with van der Waals surface area (Å²) in [6.07, 6.45) is 3.65. The average molecular weight is 416 g/mol. The standard InChI is InChI=1S/C18H22FN7O.C3H8/c1-11-7-13-10-26(18(27)25-16(13)24-11)14-4-3-12(15(19)8-14)9-22-5-2-6-23-17(20)21;1-3-2/h3-4,7-8,10,22H,2,5-6,9H2,1H3,(H4,20,21,23)(H,24,25,27);3H2,1-2H3. The van der Waals surface area contributed by atoms with Gasteiger partial charge >= 0.3 is 5.69 Å². The van der Waals surface area contributed by atoms with Gasteiger partial charge in [-0.2, -0.15) is 4.98 Å². The van der Waals surface area contributed by atoms with E-state index in [1.165, 1.54) is 17.1 Å². The van der Waals surface area contributed by atoms with Crippen LogP contribution in [0.25, 0.3) is 16.7 Å². The third kappa shape index (κ3) is 6.41. The summed E-state index contributed by atoms with van der Waals surface area (Å²) in [5.74, 6) is -0.323. The third-order valence-electron chi connectivity index (χ3n) is 4.08. The molecule has 0 saturated carbocycles. The molecule has 30 heavy (non-hydrogen) atoms. The van der Waals surface area contributed by atoms with Crippen LogP contribution in [0.2, 0.25) is 0 Å². The van der Waals surface area contributed by atoms with E-state index in [2.05, 4.69) is 34.1 Å². The normalized spacial score (nSPS) is 10.5. The van der Waals surface area contributed by atoms with Crippen molar-refractivity contribution in [2.45, 2.75) is 40.2 Å². The van der Waals surface area contributed by atoms with Gasteiger partial charge in [0.1, 0.15) is 11.5 Å². The van der Waals surface area contributed by atoms with Gasteiger partial charge in [-0.3, -0.25) is 9.56 Å². The van der Waals surface area contributed by atoms with Crippen molar-refractivity contribution in [1.29, 1.82) is 0 Å². The fourth-order valence-electron chi connectivity index (χ4n) is 2.78. The maximum Gasteiger partial charge on any atom is 0.354 e. The maximum atomic E-state index is 14.4. The Morgan fingerprint density at radius 3 is 2.70 bits per heavy atom. The number of hydrogen-bond acceptors (Lipinski definition) is 4. The van der Waals surface area contributed by atoms with Gasteiger partial charge < -0.3 is 21.8 Å². The molecule has 0 atom stereocenters. The quantitative estimate of drug-likeness (QED) is 0.268. The Kier molecular flexibility index (Phi) is 8.54. The molecule has 0 bridgehead atoms. The molecule has 9 heteroatoms. The molecule has 162 valence electrons. The fraction of sp³-hybridized carbons (Fsp3) is 0.381. The lowest BCUT2D eigenvalue weighted by atomic mass is 10.2. The van der Waals surface area contributed by atoms with Crippen LogP contribution in [0.3, 0.4) is 0 Å². The molecule has 6 N–H and O–H groups in total. The van der Waals surface area contributed by atoms with Gasteiger partial charge in [-0.05, 0) is 38.1 Å². The number of aryl methyl sites for hydroxylation is 1. The first-order valence-electron chi connectivity index (χ1n) is 9.99. The van der Waals surface area contributed by atoms with E-state index in [9.17, 15) is 9.18 Å². The highest BCUT2D eigenvalue weighted by atomic mass is 19.1. The second-order valence-electron chi connectivity index (χ2n) is 6.97. The van der Waals surface area contributed by atoms with Gasteiger partial charge in [0.15, 0.2) is 5.96 Å². The predicted octanol–water partition coefficient (Wildman–Crippen LogP) is 2.33. The second kappa shape index (κ2) is 11.1. The van der Waals surface area contributed by atoms with E-state index in [1.807, 2.05) is 13.0 Å². The molecule has 0 saturated heterocycles. The lowest BCUT2D eigenvalue weighted by Gasteiger charge is -2.09. The van der Waals surface area contributed by atoms with Crippen LogP contribution in [0.5, 0.6) is 0 Å². The number of guanidine groups is 1. The van der Waals surface area contributed by atoms with Crippen molar-refractivity contribution in [1.82, 2.24) is 19.9 Å². The topological polar surface area (TPSA) is 127 Å². The van der Waals surface area contributed by atoms with Crippen LogP contribution in [0.1, 0.15) is 37.9 Å². The fourth-order valence-corrected chi connectivity index (χ4v) is 2.78. The first-order valence-corrected chi connectivity index (χ1v) is 9.99. The number of halogens is 1. The zero-order valence-corrected chi connectivity index (χ0v) is 17.7. The van der Waals surface area contributed by atoms with Gasteiger partial charge in [0.05, 0.1) is 5.69 Å². The summed E-state index contributed by atoms with van der Waals surface area (Å²) in [4.78, 5) is 23.1. The van der Waals surface area contributed by atoms with E-state index in [0.29, 0.717) is 36.5 Å².